The Labute approximate surface area is 152 Å². The Bertz CT molecular complexity index is 580. The topological polar surface area (TPSA) is 67.4 Å². The van der Waals surface area contributed by atoms with Gasteiger partial charge in [0.1, 0.15) is 16.6 Å². The summed E-state index contributed by atoms with van der Waals surface area (Å²) in [4.78, 5) is 22.7. The molecule has 1 amide bonds. The Morgan fingerprint density at radius 3 is 2.88 bits per heavy atom. The van der Waals surface area contributed by atoms with E-state index in [0.717, 1.165) is 25.8 Å². The number of rotatable bonds is 4. The molecule has 0 aliphatic carbocycles. The van der Waals surface area contributed by atoms with Crippen molar-refractivity contribution in [3.8, 4) is 0 Å². The molecule has 24 heavy (non-hydrogen) atoms. The molecule has 1 saturated heterocycles. The lowest BCUT2D eigenvalue weighted by Gasteiger charge is -2.36. The van der Waals surface area contributed by atoms with E-state index in [1.54, 1.807) is 6.07 Å². The van der Waals surface area contributed by atoms with E-state index < -0.39 is 5.60 Å². The highest BCUT2D eigenvalue weighted by atomic mass is 35.5. The van der Waals surface area contributed by atoms with E-state index in [9.17, 15) is 4.79 Å². The molecule has 134 valence electrons. The van der Waals surface area contributed by atoms with Gasteiger partial charge in [-0.3, -0.25) is 0 Å². The molecule has 0 unspecified atom stereocenters. The van der Waals surface area contributed by atoms with Gasteiger partial charge in [-0.05, 0) is 46.3 Å². The summed E-state index contributed by atoms with van der Waals surface area (Å²) in [6.07, 6.45) is 4.71. The number of likely N-dealkylation sites (tertiary alicyclic amines) is 1. The average molecular weight is 373 g/mol. The largest absolute Gasteiger partial charge is 0.444 e. The van der Waals surface area contributed by atoms with Crippen molar-refractivity contribution in [3.05, 3.63) is 11.2 Å². The number of carbonyl (C=O) groups is 1. The smallest absolute Gasteiger partial charge is 0.410 e. The van der Waals surface area contributed by atoms with E-state index in [1.165, 1.54) is 11.8 Å². The van der Waals surface area contributed by atoms with Gasteiger partial charge in [-0.2, -0.15) is 0 Å². The second-order valence-corrected chi connectivity index (χ2v) is 7.93. The minimum absolute atomic E-state index is 0.0834. The Balaban J connectivity index is 2.01. The van der Waals surface area contributed by atoms with Crippen LogP contribution >= 0.6 is 23.4 Å². The summed E-state index contributed by atoms with van der Waals surface area (Å²) >= 11 is 7.45. The molecule has 6 nitrogen and oxygen atoms in total. The van der Waals surface area contributed by atoms with Crippen molar-refractivity contribution in [2.75, 3.05) is 24.7 Å². The van der Waals surface area contributed by atoms with E-state index in [0.29, 0.717) is 22.7 Å². The highest BCUT2D eigenvalue weighted by molar-refractivity contribution is 7.98. The summed E-state index contributed by atoms with van der Waals surface area (Å²) in [6.45, 7) is 6.99. The maximum absolute atomic E-state index is 12.4. The van der Waals surface area contributed by atoms with Gasteiger partial charge in [0.2, 0.25) is 0 Å². The lowest BCUT2D eigenvalue weighted by molar-refractivity contribution is 0.0114. The first-order valence-electron chi connectivity index (χ1n) is 8.10. The highest BCUT2D eigenvalue weighted by Gasteiger charge is 2.30. The molecule has 1 aromatic heterocycles. The maximum atomic E-state index is 12.4. The van der Waals surface area contributed by atoms with Crippen LogP contribution in [0.4, 0.5) is 10.6 Å². The number of hydrogen-bond acceptors (Lipinski definition) is 6. The molecule has 1 aliphatic rings. The van der Waals surface area contributed by atoms with Crippen LogP contribution in [0.25, 0.3) is 0 Å². The van der Waals surface area contributed by atoms with Crippen LogP contribution in [-0.2, 0) is 4.74 Å². The fourth-order valence-corrected chi connectivity index (χ4v) is 3.19. The number of halogens is 1. The Kier molecular flexibility index (Phi) is 6.57. The minimum Gasteiger partial charge on any atom is -0.444 e. The fraction of sp³-hybridized carbons (Fsp3) is 0.688. The third-order valence-electron chi connectivity index (χ3n) is 3.63. The summed E-state index contributed by atoms with van der Waals surface area (Å²) < 4.78 is 5.52. The quantitative estimate of drug-likeness (QED) is 0.488. The summed E-state index contributed by atoms with van der Waals surface area (Å²) in [7, 11) is 0. The van der Waals surface area contributed by atoms with E-state index in [4.69, 9.17) is 16.3 Å². The molecular weight excluding hydrogens is 348 g/mol. The third-order valence-corrected chi connectivity index (χ3v) is 4.37. The van der Waals surface area contributed by atoms with Crippen LogP contribution < -0.4 is 5.32 Å². The molecular formula is C16H25ClN4O2S. The average Bonchev–Trinajstić information content (AvgIpc) is 2.51. The summed E-state index contributed by atoms with van der Waals surface area (Å²) in [5.41, 5.74) is -0.486. The number of nitrogens with one attached hydrogen (secondary N) is 1. The number of hydrogen-bond donors (Lipinski definition) is 1. The zero-order chi connectivity index (χ0) is 17.7. The van der Waals surface area contributed by atoms with E-state index in [2.05, 4.69) is 15.3 Å². The maximum Gasteiger partial charge on any atom is 0.410 e. The highest BCUT2D eigenvalue weighted by Crippen LogP contribution is 2.22. The normalized spacial score (nSPS) is 18.4. The van der Waals surface area contributed by atoms with Gasteiger partial charge in [0, 0.05) is 19.2 Å². The Morgan fingerprint density at radius 2 is 2.21 bits per heavy atom. The Hall–Kier alpha value is -1.21. The molecule has 8 heteroatoms. The number of amides is 1. The number of anilines is 1. The van der Waals surface area contributed by atoms with Crippen molar-refractivity contribution in [3.63, 3.8) is 0 Å². The zero-order valence-electron chi connectivity index (χ0n) is 14.6. The zero-order valence-corrected chi connectivity index (χ0v) is 16.2. The summed E-state index contributed by atoms with van der Waals surface area (Å²) in [6, 6.07) is 1.78. The number of piperidine rings is 1. The number of carbonyl (C=O) groups excluding carboxylic acids is 1. The van der Waals surface area contributed by atoms with E-state index in [-0.39, 0.29) is 12.1 Å². The first-order chi connectivity index (χ1) is 11.3. The van der Waals surface area contributed by atoms with Crippen LogP contribution in [0.3, 0.4) is 0 Å². The molecule has 0 saturated carbocycles. The van der Waals surface area contributed by atoms with Crippen LogP contribution in [0.2, 0.25) is 5.15 Å². The molecule has 0 bridgehead atoms. The minimum atomic E-state index is -0.486. The molecule has 1 aromatic rings. The second-order valence-electron chi connectivity index (χ2n) is 6.77. The van der Waals surface area contributed by atoms with Crippen molar-refractivity contribution >= 4 is 35.3 Å². The van der Waals surface area contributed by atoms with Gasteiger partial charge in [0.05, 0.1) is 6.04 Å². The van der Waals surface area contributed by atoms with Crippen molar-refractivity contribution < 1.29 is 9.53 Å². The molecule has 0 radical (unpaired) electrons. The molecule has 2 rings (SSSR count). The van der Waals surface area contributed by atoms with Crippen LogP contribution in [0.15, 0.2) is 11.2 Å². The third kappa shape index (κ3) is 5.70. The lowest BCUT2D eigenvalue weighted by atomic mass is 10.0. The van der Waals surface area contributed by atoms with E-state index in [1.807, 2.05) is 31.9 Å². The number of nitrogens with zero attached hydrogens (tertiary/aromatic N) is 3. The first kappa shape index (κ1) is 19.1. The first-order valence-corrected chi connectivity index (χ1v) is 9.71. The standard InChI is InChI=1S/C16H25ClN4O2S/c1-16(2,3)23-15(22)21-8-6-5-7-11(21)10-18-13-9-12(17)19-14(20-13)24-4/h9,11H,5-8,10H2,1-4H3,(H,18,19,20)/t11-/m1/s1. The monoisotopic (exact) mass is 372 g/mol. The van der Waals surface area contributed by atoms with Gasteiger partial charge in [0.15, 0.2) is 5.16 Å². The van der Waals surface area contributed by atoms with Crippen LogP contribution in [0.5, 0.6) is 0 Å². The van der Waals surface area contributed by atoms with Crippen molar-refractivity contribution in [1.82, 2.24) is 14.9 Å². The SMILES string of the molecule is CSc1nc(Cl)cc(NC[C@H]2CCCCN2C(=O)OC(C)(C)C)n1. The number of aromatic nitrogens is 2. The van der Waals surface area contributed by atoms with Gasteiger partial charge < -0.3 is 15.0 Å². The van der Waals surface area contributed by atoms with Crippen molar-refractivity contribution in [2.45, 2.75) is 56.8 Å². The van der Waals surface area contributed by atoms with Gasteiger partial charge in [-0.1, -0.05) is 23.4 Å². The molecule has 1 fully saturated rings. The fourth-order valence-electron chi connectivity index (χ4n) is 2.57. The second kappa shape index (κ2) is 8.25. The van der Waals surface area contributed by atoms with Crippen molar-refractivity contribution in [1.29, 1.82) is 0 Å². The number of ether oxygens (including phenoxy) is 1. The lowest BCUT2D eigenvalue weighted by Crippen LogP contribution is -2.48. The molecule has 1 atom stereocenters. The van der Waals surface area contributed by atoms with Crippen LogP contribution in [0, 0.1) is 0 Å². The van der Waals surface area contributed by atoms with Gasteiger partial charge in [-0.25, -0.2) is 14.8 Å². The molecule has 1 aliphatic heterocycles. The van der Waals surface area contributed by atoms with Gasteiger partial charge >= 0.3 is 6.09 Å². The van der Waals surface area contributed by atoms with Crippen LogP contribution in [-0.4, -0.2) is 51.9 Å². The molecule has 0 spiro atoms. The van der Waals surface area contributed by atoms with Gasteiger partial charge in [0.25, 0.3) is 0 Å². The molecule has 0 aromatic carbocycles. The summed E-state index contributed by atoms with van der Waals surface area (Å²) in [5, 5.41) is 4.31. The Morgan fingerprint density at radius 1 is 1.46 bits per heavy atom. The van der Waals surface area contributed by atoms with Gasteiger partial charge in [-0.15, -0.1) is 0 Å². The molecule has 1 N–H and O–H groups in total. The molecule has 2 heterocycles. The van der Waals surface area contributed by atoms with Crippen molar-refractivity contribution in [2.24, 2.45) is 0 Å². The predicted molar refractivity (Wildman–Crippen MR) is 97.9 cm³/mol. The summed E-state index contributed by atoms with van der Waals surface area (Å²) in [5.74, 6) is 0.675. The van der Waals surface area contributed by atoms with E-state index >= 15 is 0 Å². The number of thioether (sulfide) groups is 1. The predicted octanol–water partition coefficient (Wildman–Crippen LogP) is 4.05. The van der Waals surface area contributed by atoms with Crippen LogP contribution in [0.1, 0.15) is 40.0 Å².